The number of imide groups is 1. The van der Waals surface area contributed by atoms with Crippen LogP contribution in [0.5, 0.6) is 0 Å². The maximum Gasteiger partial charge on any atom is 0.332 e. The molecule has 1 atom stereocenters. The van der Waals surface area contributed by atoms with Crippen molar-refractivity contribution in [1.29, 1.82) is 5.26 Å². The topological polar surface area (TPSA) is 150 Å². The number of urea groups is 1. The lowest BCUT2D eigenvalue weighted by atomic mass is 10.1. The van der Waals surface area contributed by atoms with E-state index in [1.165, 1.54) is 21.6 Å². The van der Waals surface area contributed by atoms with Gasteiger partial charge < -0.3 is 15.6 Å². The minimum atomic E-state index is -0.657. The van der Waals surface area contributed by atoms with E-state index in [0.717, 1.165) is 25.7 Å². The van der Waals surface area contributed by atoms with Crippen LogP contribution in [0, 0.1) is 11.3 Å². The van der Waals surface area contributed by atoms with Gasteiger partial charge in [-0.25, -0.2) is 14.8 Å². The van der Waals surface area contributed by atoms with Crippen LogP contribution in [-0.2, 0) is 24.8 Å². The molecule has 3 N–H and O–H groups in total. The van der Waals surface area contributed by atoms with Gasteiger partial charge in [-0.15, -0.1) is 0 Å². The molecular formula is C27H32N8O3. The Kier molecular flexibility index (Phi) is 8.33. The predicted molar refractivity (Wildman–Crippen MR) is 142 cm³/mol. The van der Waals surface area contributed by atoms with Crippen LogP contribution in [-0.4, -0.2) is 56.4 Å². The van der Waals surface area contributed by atoms with E-state index in [4.69, 9.17) is 5.73 Å². The largest absolute Gasteiger partial charge is 0.334 e. The minimum Gasteiger partial charge on any atom is -0.334 e. The number of benzene rings is 1. The second-order valence-corrected chi connectivity index (χ2v) is 9.37. The summed E-state index contributed by atoms with van der Waals surface area (Å²) in [4.78, 5) is 49.8. The van der Waals surface area contributed by atoms with E-state index >= 15 is 0 Å². The van der Waals surface area contributed by atoms with Gasteiger partial charge in [-0.3, -0.25) is 19.4 Å². The lowest BCUT2D eigenvalue weighted by Gasteiger charge is -2.18. The second kappa shape index (κ2) is 11.8. The van der Waals surface area contributed by atoms with Crippen LogP contribution in [0.3, 0.4) is 0 Å². The molecule has 198 valence electrons. The summed E-state index contributed by atoms with van der Waals surface area (Å²) in [5.74, 6) is -0.893. The minimum absolute atomic E-state index is 0.0225. The number of amides is 4. The zero-order valence-corrected chi connectivity index (χ0v) is 21.7. The number of fused-ring (bicyclic) bond motifs is 1. The number of anilines is 1. The summed E-state index contributed by atoms with van der Waals surface area (Å²) in [5.41, 5.74) is 8.52. The number of unbranched alkanes of at least 4 members (excludes halogenated alkanes) is 1. The fraction of sp³-hybridized carbons (Fsp3) is 0.407. The molecule has 3 aromatic rings. The summed E-state index contributed by atoms with van der Waals surface area (Å²) < 4.78 is 1.74. The molecule has 0 unspecified atom stereocenters. The molecule has 1 saturated heterocycles. The molecule has 2 aromatic heterocycles. The van der Waals surface area contributed by atoms with Crippen molar-refractivity contribution in [2.45, 2.75) is 51.6 Å². The molecule has 0 spiro atoms. The van der Waals surface area contributed by atoms with Crippen molar-refractivity contribution in [2.75, 3.05) is 18.0 Å². The van der Waals surface area contributed by atoms with Crippen LogP contribution >= 0.6 is 0 Å². The molecule has 0 aliphatic carbocycles. The standard InChI is InChI=1S/C27H32N8O3/c1-3-6-18-8-10-21(11-9-18)34-17-23(36)35(27(34)38)16-22-13-19-15-30-24(32-25(19)33(22)2)26(37)31-20(14-29)7-4-5-12-28/h8-11,13,15,20H,3-7,12,16-17,28H2,1-2H3,(H,31,37)/t20-/m0/s1. The van der Waals surface area contributed by atoms with Crippen LogP contribution < -0.4 is 16.0 Å². The van der Waals surface area contributed by atoms with Gasteiger partial charge in [-0.2, -0.15) is 5.26 Å². The van der Waals surface area contributed by atoms with Gasteiger partial charge in [0, 0.05) is 30.0 Å². The van der Waals surface area contributed by atoms with Gasteiger partial charge >= 0.3 is 6.03 Å². The summed E-state index contributed by atoms with van der Waals surface area (Å²) in [7, 11) is 1.76. The number of nitrogens with one attached hydrogen (secondary N) is 1. The van der Waals surface area contributed by atoms with Crippen LogP contribution in [0.15, 0.2) is 36.5 Å². The number of hydrogen-bond acceptors (Lipinski definition) is 7. The lowest BCUT2D eigenvalue weighted by molar-refractivity contribution is -0.125. The number of carbonyl (C=O) groups is 3. The number of nitrogens with two attached hydrogens (primary N) is 1. The van der Waals surface area contributed by atoms with Crippen molar-refractivity contribution in [2.24, 2.45) is 12.8 Å². The first-order chi connectivity index (χ1) is 18.4. The smallest absolute Gasteiger partial charge is 0.332 e. The number of nitriles is 1. The van der Waals surface area contributed by atoms with Crippen molar-refractivity contribution in [3.63, 3.8) is 0 Å². The van der Waals surface area contributed by atoms with Crippen molar-refractivity contribution in [1.82, 2.24) is 24.8 Å². The quantitative estimate of drug-likeness (QED) is 0.294. The highest BCUT2D eigenvalue weighted by atomic mass is 16.2. The van der Waals surface area contributed by atoms with Crippen molar-refractivity contribution >= 4 is 34.6 Å². The average Bonchev–Trinajstić information content (AvgIpc) is 3.39. The van der Waals surface area contributed by atoms with Crippen LogP contribution in [0.25, 0.3) is 11.0 Å². The number of rotatable bonds is 11. The molecule has 0 bridgehead atoms. The lowest BCUT2D eigenvalue weighted by Crippen LogP contribution is -2.35. The molecule has 38 heavy (non-hydrogen) atoms. The highest BCUT2D eigenvalue weighted by Crippen LogP contribution is 2.25. The summed E-state index contributed by atoms with van der Waals surface area (Å²) in [6.07, 6.45) is 5.51. The van der Waals surface area contributed by atoms with Gasteiger partial charge in [-0.1, -0.05) is 25.5 Å². The van der Waals surface area contributed by atoms with E-state index in [-0.39, 0.29) is 30.9 Å². The maximum absolute atomic E-state index is 13.1. The van der Waals surface area contributed by atoms with Crippen LogP contribution in [0.1, 0.15) is 54.5 Å². The normalized spacial score (nSPS) is 14.3. The molecule has 11 heteroatoms. The van der Waals surface area contributed by atoms with Crippen molar-refractivity contribution < 1.29 is 14.4 Å². The Labute approximate surface area is 221 Å². The van der Waals surface area contributed by atoms with Gasteiger partial charge in [0.1, 0.15) is 18.2 Å². The Morgan fingerprint density at radius 2 is 2.00 bits per heavy atom. The Morgan fingerprint density at radius 1 is 1.24 bits per heavy atom. The van der Waals surface area contributed by atoms with Gasteiger partial charge in [0.2, 0.25) is 5.82 Å². The van der Waals surface area contributed by atoms with Gasteiger partial charge in [0.25, 0.3) is 11.8 Å². The summed E-state index contributed by atoms with van der Waals surface area (Å²) in [6.45, 7) is 2.68. The molecule has 3 heterocycles. The Hall–Kier alpha value is -4.30. The number of nitrogens with zero attached hydrogens (tertiary/aromatic N) is 6. The third-order valence-electron chi connectivity index (χ3n) is 6.64. The molecular weight excluding hydrogens is 484 g/mol. The van der Waals surface area contributed by atoms with E-state index in [2.05, 4.69) is 28.3 Å². The zero-order chi connectivity index (χ0) is 27.2. The monoisotopic (exact) mass is 516 g/mol. The summed E-state index contributed by atoms with van der Waals surface area (Å²) in [6, 6.07) is 10.5. The molecule has 1 aromatic carbocycles. The highest BCUT2D eigenvalue weighted by Gasteiger charge is 2.37. The number of aromatic nitrogens is 3. The first kappa shape index (κ1) is 26.8. The van der Waals surface area contributed by atoms with Gasteiger partial charge in [0.15, 0.2) is 0 Å². The first-order valence-corrected chi connectivity index (χ1v) is 12.8. The third kappa shape index (κ3) is 5.65. The van der Waals surface area contributed by atoms with E-state index in [1.54, 1.807) is 17.7 Å². The van der Waals surface area contributed by atoms with E-state index in [0.29, 0.717) is 35.4 Å². The SMILES string of the molecule is CCCc1ccc(N2CC(=O)N(Cc3cc4cnc(C(=O)N[C@H](C#N)CCCCN)nc4n3C)C2=O)cc1. The number of hydrogen-bond donors (Lipinski definition) is 2. The third-order valence-corrected chi connectivity index (χ3v) is 6.64. The number of carbonyl (C=O) groups excluding carboxylic acids is 3. The highest BCUT2D eigenvalue weighted by molar-refractivity contribution is 6.12. The predicted octanol–water partition coefficient (Wildman–Crippen LogP) is 2.64. The first-order valence-electron chi connectivity index (χ1n) is 12.8. The molecule has 4 rings (SSSR count). The molecule has 1 aliphatic rings. The molecule has 0 saturated carbocycles. The van der Waals surface area contributed by atoms with E-state index < -0.39 is 11.9 Å². The van der Waals surface area contributed by atoms with Crippen LogP contribution in [0.2, 0.25) is 0 Å². The van der Waals surface area contributed by atoms with Gasteiger partial charge in [0.05, 0.1) is 12.6 Å². The Morgan fingerprint density at radius 3 is 2.68 bits per heavy atom. The van der Waals surface area contributed by atoms with Gasteiger partial charge in [-0.05, 0) is 56.0 Å². The van der Waals surface area contributed by atoms with E-state index in [1.807, 2.05) is 24.3 Å². The van der Waals surface area contributed by atoms with E-state index in [9.17, 15) is 19.6 Å². The molecule has 0 radical (unpaired) electrons. The molecule has 4 amide bonds. The average molecular weight is 517 g/mol. The number of aryl methyl sites for hydroxylation is 2. The fourth-order valence-electron chi connectivity index (χ4n) is 4.50. The Balaban J connectivity index is 1.48. The second-order valence-electron chi connectivity index (χ2n) is 9.37. The Bertz CT molecular complexity index is 1380. The summed E-state index contributed by atoms with van der Waals surface area (Å²) in [5, 5.41) is 12.7. The fourth-order valence-corrected chi connectivity index (χ4v) is 4.50. The summed E-state index contributed by atoms with van der Waals surface area (Å²) >= 11 is 0. The zero-order valence-electron chi connectivity index (χ0n) is 21.7. The molecule has 11 nitrogen and oxygen atoms in total. The van der Waals surface area contributed by atoms with Crippen LogP contribution in [0.4, 0.5) is 10.5 Å². The molecule has 1 fully saturated rings. The van der Waals surface area contributed by atoms with Crippen molar-refractivity contribution in [3.05, 3.63) is 53.6 Å². The maximum atomic E-state index is 13.1. The van der Waals surface area contributed by atoms with Crippen molar-refractivity contribution in [3.8, 4) is 6.07 Å². The molecule has 1 aliphatic heterocycles.